The molecule has 0 aromatic heterocycles. The summed E-state index contributed by atoms with van der Waals surface area (Å²) in [7, 11) is 0. The first-order valence-electron chi connectivity index (χ1n) is 16.6. The monoisotopic (exact) mass is 692 g/mol. The fourth-order valence-corrected chi connectivity index (χ4v) is 7.66. The number of nitrogens with zero attached hydrogens (tertiary/aromatic N) is 1. The third kappa shape index (κ3) is 7.59. The summed E-state index contributed by atoms with van der Waals surface area (Å²) in [6.07, 6.45) is 0. The SMILES string of the molecule is CCSCCN(CCSCC)Cc1ccccc1NCc1c2oc3c(ccc4cc(O)ccc43)c(-c3ccccc3C(=O)O)c-2ccc1=O. The molecule has 7 nitrogen and oxygen atoms in total. The van der Waals surface area contributed by atoms with Crippen LogP contribution in [0.5, 0.6) is 5.75 Å². The molecule has 2 aliphatic rings. The second-order valence-electron chi connectivity index (χ2n) is 11.8. The van der Waals surface area contributed by atoms with Gasteiger partial charge in [0.1, 0.15) is 17.1 Å². The van der Waals surface area contributed by atoms with Crippen molar-refractivity contribution in [2.24, 2.45) is 0 Å². The summed E-state index contributed by atoms with van der Waals surface area (Å²) in [4.78, 5) is 28.6. The zero-order valence-electron chi connectivity index (χ0n) is 27.7. The third-order valence-corrected chi connectivity index (χ3v) is 10.5. The number of thioether (sulfide) groups is 2. The zero-order chi connectivity index (χ0) is 34.3. The fraction of sp³-hybridized carbons (Fsp3) is 0.250. The Hall–Kier alpha value is -4.44. The number of benzene rings is 5. The van der Waals surface area contributed by atoms with Crippen LogP contribution in [0.2, 0.25) is 0 Å². The molecule has 0 amide bonds. The first kappa shape index (κ1) is 34.4. The molecule has 0 unspecified atom stereocenters. The summed E-state index contributed by atoms with van der Waals surface area (Å²) < 4.78 is 6.68. The lowest BCUT2D eigenvalue weighted by Crippen LogP contribution is -2.28. The van der Waals surface area contributed by atoms with Crippen LogP contribution >= 0.6 is 23.5 Å². The van der Waals surface area contributed by atoms with Gasteiger partial charge in [0.05, 0.1) is 11.1 Å². The van der Waals surface area contributed by atoms with E-state index in [0.717, 1.165) is 64.7 Å². The summed E-state index contributed by atoms with van der Waals surface area (Å²) in [5.41, 5.74) is 4.91. The number of carboxylic acid groups (broad SMARTS) is 1. The van der Waals surface area contributed by atoms with Crippen LogP contribution in [0.3, 0.4) is 0 Å². The lowest BCUT2D eigenvalue weighted by molar-refractivity contribution is 0.0697. The van der Waals surface area contributed by atoms with Gasteiger partial charge in [-0.05, 0) is 76.5 Å². The Morgan fingerprint density at radius 3 is 2.31 bits per heavy atom. The number of phenols is 1. The number of phenolic OH excluding ortho intramolecular Hbond substituents is 1. The molecule has 1 aliphatic heterocycles. The number of para-hydroxylation sites is 1. The van der Waals surface area contributed by atoms with Crippen molar-refractivity contribution in [2.75, 3.05) is 41.4 Å². The van der Waals surface area contributed by atoms with Crippen LogP contribution in [-0.4, -0.2) is 57.2 Å². The first-order chi connectivity index (χ1) is 23.9. The van der Waals surface area contributed by atoms with Gasteiger partial charge in [0.25, 0.3) is 0 Å². The molecule has 252 valence electrons. The summed E-state index contributed by atoms with van der Waals surface area (Å²) in [5.74, 6) is 3.83. The van der Waals surface area contributed by atoms with Gasteiger partial charge in [-0.25, -0.2) is 4.79 Å². The number of nitrogens with one attached hydrogen (secondary N) is 1. The van der Waals surface area contributed by atoms with Crippen LogP contribution < -0.4 is 10.7 Å². The fourth-order valence-electron chi connectivity index (χ4n) is 6.31. The number of hydrogen-bond donors (Lipinski definition) is 3. The van der Waals surface area contributed by atoms with Gasteiger partial charge in [0.2, 0.25) is 0 Å². The number of rotatable bonds is 15. The molecule has 1 aliphatic carbocycles. The van der Waals surface area contributed by atoms with Gasteiger partial charge in [0, 0.05) is 65.3 Å². The Morgan fingerprint density at radius 2 is 1.55 bits per heavy atom. The minimum Gasteiger partial charge on any atom is -0.508 e. The lowest BCUT2D eigenvalue weighted by Gasteiger charge is -2.24. The van der Waals surface area contributed by atoms with E-state index >= 15 is 0 Å². The van der Waals surface area contributed by atoms with E-state index in [9.17, 15) is 19.8 Å². The molecule has 49 heavy (non-hydrogen) atoms. The number of carbonyl (C=O) groups is 1. The summed E-state index contributed by atoms with van der Waals surface area (Å²) in [6, 6.07) is 27.2. The van der Waals surface area contributed by atoms with E-state index in [-0.39, 0.29) is 23.3 Å². The van der Waals surface area contributed by atoms with Gasteiger partial charge in [0.15, 0.2) is 5.43 Å². The van der Waals surface area contributed by atoms with Crippen molar-refractivity contribution >= 4 is 56.9 Å². The molecule has 4 aromatic rings. The van der Waals surface area contributed by atoms with Crippen LogP contribution in [0.1, 0.15) is 35.3 Å². The van der Waals surface area contributed by atoms with Crippen LogP contribution in [-0.2, 0) is 13.1 Å². The number of aromatic carboxylic acids is 1. The number of anilines is 1. The smallest absolute Gasteiger partial charge is 0.336 e. The maximum atomic E-state index is 13.6. The molecular formula is C40H40N2O5S2. The highest BCUT2D eigenvalue weighted by molar-refractivity contribution is 7.99. The highest BCUT2D eigenvalue weighted by Crippen LogP contribution is 2.44. The predicted octanol–water partition coefficient (Wildman–Crippen LogP) is 9.04. The Morgan fingerprint density at radius 1 is 0.837 bits per heavy atom. The Kier molecular flexibility index (Phi) is 11.1. The number of fused-ring (bicyclic) bond motifs is 4. The van der Waals surface area contributed by atoms with E-state index in [1.165, 1.54) is 6.07 Å². The average molecular weight is 693 g/mol. The topological polar surface area (TPSA) is 103 Å². The quantitative estimate of drug-likeness (QED) is 0.0553. The van der Waals surface area contributed by atoms with Crippen molar-refractivity contribution in [3.05, 3.63) is 118 Å². The number of hydrogen-bond acceptors (Lipinski definition) is 8. The number of carboxylic acids is 1. The molecular weight excluding hydrogens is 653 g/mol. The first-order valence-corrected chi connectivity index (χ1v) is 18.9. The number of aromatic hydroxyl groups is 1. The Labute approximate surface area is 294 Å². The summed E-state index contributed by atoms with van der Waals surface area (Å²) in [5, 5.41) is 26.2. The van der Waals surface area contributed by atoms with Crippen molar-refractivity contribution in [2.45, 2.75) is 26.9 Å². The van der Waals surface area contributed by atoms with Gasteiger partial charge >= 0.3 is 5.97 Å². The summed E-state index contributed by atoms with van der Waals surface area (Å²) in [6.45, 7) is 7.39. The summed E-state index contributed by atoms with van der Waals surface area (Å²) >= 11 is 3.90. The molecule has 6 rings (SSSR count). The minimum absolute atomic E-state index is 0.126. The second-order valence-corrected chi connectivity index (χ2v) is 14.6. The lowest BCUT2D eigenvalue weighted by atomic mass is 9.88. The highest BCUT2D eigenvalue weighted by Gasteiger charge is 2.25. The average Bonchev–Trinajstić information content (AvgIpc) is 3.10. The molecule has 0 bridgehead atoms. The van der Waals surface area contributed by atoms with Gasteiger partial charge in [-0.2, -0.15) is 23.5 Å². The van der Waals surface area contributed by atoms with Gasteiger partial charge in [-0.15, -0.1) is 0 Å². The van der Waals surface area contributed by atoms with Crippen LogP contribution in [0.25, 0.3) is 44.2 Å². The Bertz CT molecular complexity index is 2120. The van der Waals surface area contributed by atoms with E-state index < -0.39 is 5.97 Å². The maximum absolute atomic E-state index is 13.6. The second kappa shape index (κ2) is 15.8. The van der Waals surface area contributed by atoms with Crippen LogP contribution in [0.15, 0.2) is 100 Å². The van der Waals surface area contributed by atoms with E-state index in [1.54, 1.807) is 42.5 Å². The van der Waals surface area contributed by atoms with Crippen molar-refractivity contribution < 1.29 is 19.4 Å². The molecule has 0 atom stereocenters. The third-order valence-electron chi connectivity index (χ3n) is 8.72. The molecule has 0 spiro atoms. The highest BCUT2D eigenvalue weighted by atomic mass is 32.2. The molecule has 0 radical (unpaired) electrons. The Balaban J connectivity index is 1.44. The molecule has 0 saturated carbocycles. The zero-order valence-corrected chi connectivity index (χ0v) is 29.3. The maximum Gasteiger partial charge on any atom is 0.336 e. The molecule has 9 heteroatoms. The van der Waals surface area contributed by atoms with E-state index in [1.807, 2.05) is 59.9 Å². The normalized spacial score (nSPS) is 11.6. The van der Waals surface area contributed by atoms with Crippen molar-refractivity contribution in [3.8, 4) is 28.2 Å². The molecule has 3 N–H and O–H groups in total. The molecule has 4 aromatic carbocycles. The van der Waals surface area contributed by atoms with Crippen LogP contribution in [0, 0.1) is 0 Å². The molecule has 1 heterocycles. The molecule has 0 saturated heterocycles. The van der Waals surface area contributed by atoms with E-state index in [2.05, 4.69) is 30.1 Å². The standard InChI is InChI=1S/C40H40N2O5S2/c1-3-48-21-19-42(20-22-49-4-2)25-27-9-5-8-12-35(27)41-24-34-36(44)18-17-33-37(30-10-6-7-11-31(30)40(45)46)32-15-13-26-23-28(43)14-16-29(26)38(32)47-39(33)34/h5-18,23,41,43H,3-4,19-22,24-25H2,1-2H3,(H,45,46). The van der Waals surface area contributed by atoms with Crippen molar-refractivity contribution in [3.63, 3.8) is 0 Å². The van der Waals surface area contributed by atoms with Gasteiger partial charge in [-0.1, -0.05) is 56.3 Å². The van der Waals surface area contributed by atoms with Crippen molar-refractivity contribution in [1.29, 1.82) is 0 Å². The van der Waals surface area contributed by atoms with Crippen LogP contribution in [0.4, 0.5) is 5.69 Å². The van der Waals surface area contributed by atoms with Gasteiger partial charge < -0.3 is 19.9 Å². The van der Waals surface area contributed by atoms with Crippen molar-refractivity contribution in [1.82, 2.24) is 4.90 Å². The molecule has 0 fully saturated rings. The minimum atomic E-state index is -1.04. The van der Waals surface area contributed by atoms with E-state index in [0.29, 0.717) is 39.0 Å². The largest absolute Gasteiger partial charge is 0.508 e. The predicted molar refractivity (Wildman–Crippen MR) is 206 cm³/mol. The van der Waals surface area contributed by atoms with Gasteiger partial charge in [-0.3, -0.25) is 9.69 Å². The van der Waals surface area contributed by atoms with E-state index in [4.69, 9.17) is 4.42 Å².